The topological polar surface area (TPSA) is 113 Å². The maximum Gasteiger partial charge on any atom is 0.391 e. The lowest BCUT2D eigenvalue weighted by atomic mass is 9.85. The average molecular weight is 713 g/mol. The Hall–Kier alpha value is -3.29. The summed E-state index contributed by atoms with van der Waals surface area (Å²) in [4.78, 5) is 37.7. The van der Waals surface area contributed by atoms with Crippen molar-refractivity contribution in [3.05, 3.63) is 39.4 Å². The fraction of sp³-hybridized carbons (Fsp3) is 0.576. The number of imidazole rings is 1. The molecule has 2 aromatic heterocycles. The van der Waals surface area contributed by atoms with Gasteiger partial charge in [-0.05, 0) is 43.4 Å². The van der Waals surface area contributed by atoms with Gasteiger partial charge in [0.2, 0.25) is 11.9 Å². The Morgan fingerprint density at radius 3 is 2.35 bits per heavy atom. The first kappa shape index (κ1) is 36.0. The Bertz CT molecular complexity index is 1690. The van der Waals surface area contributed by atoms with Gasteiger partial charge in [0.05, 0.1) is 40.4 Å². The number of alkyl halides is 3. The molecule has 15 heteroatoms. The molecule has 48 heavy (non-hydrogen) atoms. The average Bonchev–Trinajstić information content (AvgIpc) is 3.30. The molecule has 2 fully saturated rings. The number of pyridine rings is 1. The first-order chi connectivity index (χ1) is 22.4. The first-order valence-electron chi connectivity index (χ1n) is 15.9. The summed E-state index contributed by atoms with van der Waals surface area (Å²) >= 11 is 13.3. The van der Waals surface area contributed by atoms with Gasteiger partial charge in [0.1, 0.15) is 11.3 Å². The zero-order valence-corrected chi connectivity index (χ0v) is 29.5. The number of amides is 2. The Kier molecular flexibility index (Phi) is 10.2. The van der Waals surface area contributed by atoms with Crippen molar-refractivity contribution in [1.29, 1.82) is 0 Å². The minimum atomic E-state index is -4.23. The van der Waals surface area contributed by atoms with E-state index in [2.05, 4.69) is 22.9 Å². The Morgan fingerprint density at radius 1 is 1.10 bits per heavy atom. The van der Waals surface area contributed by atoms with Crippen LogP contribution < -0.4 is 20.9 Å². The molecule has 5 rings (SSSR count). The number of rotatable bonds is 9. The van der Waals surface area contributed by atoms with Gasteiger partial charge in [-0.3, -0.25) is 14.2 Å². The van der Waals surface area contributed by atoms with Crippen LogP contribution >= 0.6 is 23.2 Å². The van der Waals surface area contributed by atoms with Gasteiger partial charge >= 0.3 is 6.18 Å². The fourth-order valence-electron chi connectivity index (χ4n) is 6.09. The highest BCUT2D eigenvalue weighted by atomic mass is 35.5. The van der Waals surface area contributed by atoms with Crippen LogP contribution in [0.2, 0.25) is 10.0 Å². The molecule has 262 valence electrons. The summed E-state index contributed by atoms with van der Waals surface area (Å²) in [6, 6.07) is 4.69. The normalized spacial score (nSPS) is 19.5. The number of anilines is 3. The largest absolute Gasteiger partial charge is 0.391 e. The summed E-state index contributed by atoms with van der Waals surface area (Å²) in [7, 11) is 3.62. The van der Waals surface area contributed by atoms with Gasteiger partial charge in [-0.1, -0.05) is 57.0 Å². The third-order valence-electron chi connectivity index (χ3n) is 9.00. The second-order valence-corrected chi connectivity index (χ2v) is 15.2. The summed E-state index contributed by atoms with van der Waals surface area (Å²) in [6.45, 7) is 9.46. The lowest BCUT2D eigenvalue weighted by molar-refractivity contribution is -0.182. The van der Waals surface area contributed by atoms with Crippen LogP contribution in [-0.2, 0) is 23.1 Å². The number of hydrogen-bond donors (Lipinski definition) is 3. The van der Waals surface area contributed by atoms with Crippen LogP contribution in [0.4, 0.5) is 30.6 Å². The highest BCUT2D eigenvalue weighted by molar-refractivity contribution is 6.39. The lowest BCUT2D eigenvalue weighted by Crippen LogP contribution is -2.48. The molecule has 3 aromatic rings. The molecule has 2 amide bonds. The zero-order chi connectivity index (χ0) is 35.2. The summed E-state index contributed by atoms with van der Waals surface area (Å²) in [5.74, 6) is -1.13. The molecule has 0 bridgehead atoms. The van der Waals surface area contributed by atoms with Crippen molar-refractivity contribution in [2.24, 2.45) is 23.8 Å². The van der Waals surface area contributed by atoms with Crippen molar-refractivity contribution in [3.8, 4) is 0 Å². The summed E-state index contributed by atoms with van der Waals surface area (Å²) < 4.78 is 46.9. The second-order valence-electron chi connectivity index (χ2n) is 14.4. The monoisotopic (exact) mass is 711 g/mol. The molecule has 10 nitrogen and oxygen atoms in total. The quantitative estimate of drug-likeness (QED) is 0.219. The first-order valence-corrected chi connectivity index (χ1v) is 16.7. The molecule has 3 heterocycles. The Labute approximate surface area is 288 Å². The maximum atomic E-state index is 13.8. The van der Waals surface area contributed by atoms with Gasteiger partial charge in [0.25, 0.3) is 5.91 Å². The van der Waals surface area contributed by atoms with Crippen LogP contribution in [0, 0.1) is 16.7 Å². The molecule has 1 aliphatic heterocycles. The Balaban J connectivity index is 1.44. The van der Waals surface area contributed by atoms with Gasteiger partial charge in [-0.15, -0.1) is 0 Å². The maximum absolute atomic E-state index is 13.8. The predicted octanol–water partition coefficient (Wildman–Crippen LogP) is 7.00. The fourth-order valence-corrected chi connectivity index (χ4v) is 6.62. The molecule has 0 spiro atoms. The van der Waals surface area contributed by atoms with Crippen LogP contribution in [0.5, 0.6) is 0 Å². The molecule has 0 atom stereocenters. The van der Waals surface area contributed by atoms with Crippen LogP contribution in [0.15, 0.2) is 18.2 Å². The molecule has 1 saturated heterocycles. The van der Waals surface area contributed by atoms with E-state index in [0.29, 0.717) is 64.0 Å². The highest BCUT2D eigenvalue weighted by Crippen LogP contribution is 2.39. The van der Waals surface area contributed by atoms with E-state index >= 15 is 0 Å². The minimum absolute atomic E-state index is 0.0264. The smallest absolute Gasteiger partial charge is 0.380 e. The van der Waals surface area contributed by atoms with E-state index < -0.39 is 23.4 Å². The third kappa shape index (κ3) is 7.78. The van der Waals surface area contributed by atoms with Gasteiger partial charge in [0.15, 0.2) is 5.65 Å². The summed E-state index contributed by atoms with van der Waals surface area (Å²) in [5.41, 5.74) is 1.52. The van der Waals surface area contributed by atoms with Gasteiger partial charge in [-0.25, -0.2) is 9.97 Å². The standard InChI is InChI=1S/C33H42Cl2F3N7O3/c1-31(2,3)29(47)39-14-18-7-12-22(34)25(24(18)35)42-30-41-23-13-21(28(46)40-20-10-8-19(9-11-20)33(36,37)38)26(43-27(23)45(30)6)44(5)15-32(4)16-48-17-32/h7,12-13,19-20H,8-11,14-17H2,1-6H3,(H,39,47)(H,40,46)(H,41,42). The number of fused-ring (bicyclic) bond motifs is 1. The minimum Gasteiger partial charge on any atom is -0.380 e. The van der Waals surface area contributed by atoms with E-state index in [-0.39, 0.29) is 55.2 Å². The molecule has 0 radical (unpaired) electrons. The van der Waals surface area contributed by atoms with Crippen molar-refractivity contribution in [1.82, 2.24) is 25.2 Å². The number of aryl methyl sites for hydroxylation is 1. The summed E-state index contributed by atoms with van der Waals surface area (Å²) in [6.07, 6.45) is -3.80. The van der Waals surface area contributed by atoms with Crippen LogP contribution in [0.1, 0.15) is 69.3 Å². The number of ether oxygens (including phenoxy) is 1. The van der Waals surface area contributed by atoms with Crippen molar-refractivity contribution in [2.45, 2.75) is 72.1 Å². The number of nitrogens with one attached hydrogen (secondary N) is 3. The number of benzene rings is 1. The molecular weight excluding hydrogens is 670 g/mol. The SMILES string of the molecule is CN(CC1(C)COC1)c1nc2c(cc1C(=O)NC1CCC(C(F)(F)F)CC1)nc(Nc1c(Cl)ccc(CNC(=O)C(C)(C)C)c1Cl)n2C. The number of nitrogens with zero attached hydrogens (tertiary/aromatic N) is 4. The number of hydrogen-bond acceptors (Lipinski definition) is 7. The van der Waals surface area contributed by atoms with Gasteiger partial charge in [0, 0.05) is 44.1 Å². The molecular formula is C33H42Cl2F3N7O3. The van der Waals surface area contributed by atoms with Crippen molar-refractivity contribution in [2.75, 3.05) is 37.0 Å². The Morgan fingerprint density at radius 2 is 1.77 bits per heavy atom. The molecule has 3 N–H and O–H groups in total. The van der Waals surface area contributed by atoms with Crippen molar-refractivity contribution < 1.29 is 27.5 Å². The lowest BCUT2D eigenvalue weighted by Gasteiger charge is -2.41. The van der Waals surface area contributed by atoms with Crippen LogP contribution in [0.3, 0.4) is 0 Å². The van der Waals surface area contributed by atoms with Crippen LogP contribution in [0.25, 0.3) is 11.2 Å². The predicted molar refractivity (Wildman–Crippen MR) is 181 cm³/mol. The summed E-state index contributed by atoms with van der Waals surface area (Å²) in [5, 5.41) is 9.70. The number of carbonyl (C=O) groups excluding carboxylic acids is 2. The van der Waals surface area contributed by atoms with E-state index in [4.69, 9.17) is 37.9 Å². The second kappa shape index (κ2) is 13.5. The molecule has 1 aliphatic carbocycles. The third-order valence-corrected chi connectivity index (χ3v) is 9.75. The molecule has 1 aromatic carbocycles. The van der Waals surface area contributed by atoms with E-state index in [0.717, 1.165) is 0 Å². The van der Waals surface area contributed by atoms with E-state index in [9.17, 15) is 22.8 Å². The van der Waals surface area contributed by atoms with Gasteiger partial charge in [-0.2, -0.15) is 13.2 Å². The van der Waals surface area contributed by atoms with E-state index in [1.54, 1.807) is 29.8 Å². The molecule has 0 unspecified atom stereocenters. The molecule has 2 aliphatic rings. The van der Waals surface area contributed by atoms with Crippen molar-refractivity contribution in [3.63, 3.8) is 0 Å². The number of aromatic nitrogens is 3. The molecule has 1 saturated carbocycles. The highest BCUT2D eigenvalue weighted by Gasteiger charge is 2.42. The number of carbonyl (C=O) groups is 2. The van der Waals surface area contributed by atoms with Crippen molar-refractivity contribution >= 4 is 63.6 Å². The van der Waals surface area contributed by atoms with Crippen LogP contribution in [-0.4, -0.2) is 65.4 Å². The van der Waals surface area contributed by atoms with Gasteiger partial charge < -0.3 is 25.6 Å². The van der Waals surface area contributed by atoms with E-state index in [1.165, 1.54) is 0 Å². The van der Waals surface area contributed by atoms with E-state index in [1.807, 2.05) is 32.7 Å². The number of halogens is 5. The zero-order valence-electron chi connectivity index (χ0n) is 27.9.